The smallest absolute Gasteiger partial charge is 0.462 e. The molecule has 0 radical (unpaired) electrons. The van der Waals surface area contributed by atoms with Gasteiger partial charge in [-0.05, 0) is 32.1 Å². The van der Waals surface area contributed by atoms with Crippen molar-refractivity contribution in [3.8, 4) is 0 Å². The van der Waals surface area contributed by atoms with Crippen LogP contribution in [0.4, 0.5) is 0 Å². The number of allylic oxidation sites excluding steroid dienone is 2. The summed E-state index contributed by atoms with van der Waals surface area (Å²) in [4.78, 5) is 70.6. The van der Waals surface area contributed by atoms with Gasteiger partial charge in [-0.25, -0.2) is 9.13 Å². The van der Waals surface area contributed by atoms with Crippen molar-refractivity contribution >= 4 is 33.4 Å². The molecule has 12 atom stereocenters. The Morgan fingerprint density at radius 1 is 0.786 bits per heavy atom. The molecule has 1 heterocycles. The normalized spacial score (nSPS) is 30.3. The van der Waals surface area contributed by atoms with Gasteiger partial charge in [0.05, 0.1) is 31.0 Å². The third kappa shape index (κ3) is 27.4. The summed E-state index contributed by atoms with van der Waals surface area (Å²) in [6.45, 7) is 2.57. The first-order chi connectivity index (χ1) is 33.3. The molecule has 408 valence electrons. The van der Waals surface area contributed by atoms with Crippen molar-refractivity contribution in [2.45, 2.75) is 242 Å². The molecule has 1 aliphatic carbocycles. The largest absolute Gasteiger partial charge is 0.472 e. The fraction of sp³-hybridized carbons (Fsp3) is 0.857. The van der Waals surface area contributed by atoms with E-state index in [0.29, 0.717) is 12.8 Å². The number of carbonyl (C=O) groups excluding carboxylic acids is 3. The van der Waals surface area contributed by atoms with Crippen LogP contribution in [0.15, 0.2) is 24.3 Å². The minimum absolute atomic E-state index is 0.0306. The van der Waals surface area contributed by atoms with E-state index in [1.54, 1.807) is 6.08 Å². The summed E-state index contributed by atoms with van der Waals surface area (Å²) >= 11 is 0. The van der Waals surface area contributed by atoms with Crippen LogP contribution in [-0.2, 0) is 46.6 Å². The van der Waals surface area contributed by atoms with Crippen molar-refractivity contribution in [3.63, 3.8) is 0 Å². The Kier molecular flexibility index (Phi) is 33.1. The van der Waals surface area contributed by atoms with Crippen LogP contribution in [0.1, 0.15) is 187 Å². The molecule has 1 fully saturated rings. The summed E-state index contributed by atoms with van der Waals surface area (Å²) in [6, 6.07) is 0. The molecule has 2 aliphatic rings. The third-order valence-corrected chi connectivity index (χ3v) is 14.4. The van der Waals surface area contributed by atoms with Crippen molar-refractivity contribution in [2.75, 3.05) is 13.2 Å². The first-order valence-corrected chi connectivity index (χ1v) is 29.0. The number of phosphoric ester groups is 2. The van der Waals surface area contributed by atoms with Gasteiger partial charge in [0.1, 0.15) is 36.8 Å². The molecule has 0 saturated heterocycles. The van der Waals surface area contributed by atoms with Crippen molar-refractivity contribution in [1.82, 2.24) is 0 Å². The van der Waals surface area contributed by atoms with Crippen LogP contribution in [0.2, 0.25) is 0 Å². The summed E-state index contributed by atoms with van der Waals surface area (Å²) in [5.74, 6) is -5.67. The number of fused-ring (bicyclic) bond motifs is 4. The molecule has 0 aromatic rings. The minimum Gasteiger partial charge on any atom is -0.462 e. The third-order valence-electron chi connectivity index (χ3n) is 12.9. The van der Waals surface area contributed by atoms with Gasteiger partial charge in [0.2, 0.25) is 0 Å². The lowest BCUT2D eigenvalue weighted by molar-refractivity contribution is -0.164. The minimum atomic E-state index is -5.78. The fourth-order valence-corrected chi connectivity index (χ4v) is 10.3. The van der Waals surface area contributed by atoms with Gasteiger partial charge >= 0.3 is 27.6 Å². The van der Waals surface area contributed by atoms with Crippen molar-refractivity contribution in [2.24, 2.45) is 11.8 Å². The Bertz CT molecular complexity index is 1610. The molecule has 19 nitrogen and oxygen atoms in total. The Morgan fingerprint density at radius 3 is 1.91 bits per heavy atom. The molecule has 1 unspecified atom stereocenters. The summed E-state index contributed by atoms with van der Waals surface area (Å²) in [5.41, 5.74) is 0. The van der Waals surface area contributed by atoms with Gasteiger partial charge in [0.25, 0.3) is 0 Å². The highest BCUT2D eigenvalue weighted by atomic mass is 31.2. The molecular formula is C49H88O19P2. The predicted octanol–water partition coefficient (Wildman–Crippen LogP) is 7.10. The summed E-state index contributed by atoms with van der Waals surface area (Å²) in [5, 5.41) is 68.2. The van der Waals surface area contributed by atoms with E-state index >= 15 is 0 Å². The lowest BCUT2D eigenvalue weighted by Gasteiger charge is -2.38. The summed E-state index contributed by atoms with van der Waals surface area (Å²) in [7, 11) is -11.5. The number of aliphatic hydroxyl groups excluding tert-OH is 6. The SMILES string of the molecule is CCCCCCCCCCCCCCCCCCCC(=O)O[C@@H]1COC(=O)CCC/C=C\C[C@H]2C(=O)C[C@@H](O)[C@H](/C=C/[C@@H](O)CCCCC)[C@@H](O)[C@@H](OP(=O)(O)O)[C@@H](OP(=O)(O)OC1)[C@H](O)[C@@H](O)[C@@H]2O. The molecule has 9 N–H and O–H groups in total. The fourth-order valence-electron chi connectivity index (χ4n) is 8.73. The quantitative estimate of drug-likeness (QED) is 0.0171. The molecular weight excluding hydrogens is 954 g/mol. The predicted molar refractivity (Wildman–Crippen MR) is 261 cm³/mol. The second kappa shape index (κ2) is 36.1. The van der Waals surface area contributed by atoms with E-state index < -0.39 is 120 Å². The number of ether oxygens (including phenoxy) is 2. The van der Waals surface area contributed by atoms with E-state index in [1.807, 2.05) is 6.92 Å². The van der Waals surface area contributed by atoms with Crippen LogP contribution < -0.4 is 0 Å². The standard InChI is InChI=1S/C49H88O19P2/c1-3-5-7-8-9-10-11-12-13-14-15-16-17-18-19-20-26-30-43(54)66-37-34-64-42(53)29-25-22-21-24-28-38-40(51)33-41(52)39(32-31-36(50)27-23-6-4-2)45(56)48(67-69(59,60)61)49(47(58)46(57)44(38)55)68-70(62,63)65-35-37/h21,24,31-32,36-39,41,44-50,52,55-58H,3-20,22-23,25-30,33-35H2,1-2H3,(H,62,63)(H2,59,60,61)/b24-21-,32-31+/t36-,37+,38-,39-,41+,44+,45+,46-,47+,48+,49-/m0/s1. The maximum atomic E-state index is 13.8. The van der Waals surface area contributed by atoms with Crippen LogP contribution in [0.3, 0.4) is 0 Å². The Balaban J connectivity index is 2.27. The number of hydrogen-bond acceptors (Lipinski definition) is 16. The topological polar surface area (TPSA) is 314 Å². The zero-order chi connectivity index (χ0) is 52.0. The highest BCUT2D eigenvalue weighted by Gasteiger charge is 2.51. The van der Waals surface area contributed by atoms with Gasteiger partial charge < -0.3 is 54.8 Å². The maximum Gasteiger partial charge on any atom is 0.472 e. The average Bonchev–Trinajstić information content (AvgIpc) is 3.30. The second-order valence-corrected chi connectivity index (χ2v) is 21.6. The van der Waals surface area contributed by atoms with Gasteiger partial charge in [0, 0.05) is 31.1 Å². The monoisotopic (exact) mass is 1040 g/mol. The molecule has 1 saturated carbocycles. The Hall–Kier alpha value is -1.93. The molecule has 1 aliphatic heterocycles. The molecule has 2 bridgehead atoms. The van der Waals surface area contributed by atoms with Crippen LogP contribution in [-0.4, -0.2) is 131 Å². The van der Waals surface area contributed by atoms with Gasteiger partial charge in [-0.15, -0.1) is 0 Å². The number of carbonyl (C=O) groups is 3. The van der Waals surface area contributed by atoms with Crippen LogP contribution in [0, 0.1) is 11.8 Å². The average molecular weight is 1040 g/mol. The molecule has 70 heavy (non-hydrogen) atoms. The van der Waals surface area contributed by atoms with E-state index in [9.17, 15) is 68.8 Å². The second-order valence-electron chi connectivity index (χ2n) is 19.0. The molecule has 2 rings (SSSR count). The molecule has 0 amide bonds. The van der Waals surface area contributed by atoms with E-state index in [4.69, 9.17) is 23.0 Å². The van der Waals surface area contributed by atoms with E-state index in [-0.39, 0.29) is 38.5 Å². The lowest BCUT2D eigenvalue weighted by Crippen LogP contribution is -2.56. The summed E-state index contributed by atoms with van der Waals surface area (Å²) < 4.78 is 52.2. The Morgan fingerprint density at radius 2 is 1.34 bits per heavy atom. The van der Waals surface area contributed by atoms with Gasteiger partial charge in [-0.1, -0.05) is 160 Å². The Labute approximate surface area is 415 Å². The number of aliphatic hydroxyl groups is 6. The van der Waals surface area contributed by atoms with Crippen LogP contribution in [0.25, 0.3) is 0 Å². The zero-order valence-electron chi connectivity index (χ0n) is 41.7. The number of esters is 2. The zero-order valence-corrected chi connectivity index (χ0v) is 43.5. The van der Waals surface area contributed by atoms with Crippen molar-refractivity contribution in [1.29, 1.82) is 0 Å². The van der Waals surface area contributed by atoms with Crippen molar-refractivity contribution < 1.29 is 91.9 Å². The highest BCUT2D eigenvalue weighted by molar-refractivity contribution is 7.47. The molecule has 0 spiro atoms. The first-order valence-electron chi connectivity index (χ1n) is 26.0. The molecule has 0 aromatic heterocycles. The highest BCUT2D eigenvalue weighted by Crippen LogP contribution is 2.49. The first kappa shape index (κ1) is 64.2. The number of phosphoric acid groups is 2. The van der Waals surface area contributed by atoms with Crippen LogP contribution in [0.5, 0.6) is 0 Å². The number of unbranched alkanes of at least 4 members (excludes halogenated alkanes) is 18. The molecule has 21 heteroatoms. The number of ketones is 1. The number of hydrogen-bond donors (Lipinski definition) is 9. The van der Waals surface area contributed by atoms with E-state index in [0.717, 1.165) is 51.0 Å². The van der Waals surface area contributed by atoms with Crippen LogP contribution >= 0.6 is 15.6 Å². The number of cyclic esters (lactones) is 1. The van der Waals surface area contributed by atoms with E-state index in [1.165, 1.54) is 82.8 Å². The lowest BCUT2D eigenvalue weighted by atomic mass is 9.84. The number of rotatable bonds is 27. The summed E-state index contributed by atoms with van der Waals surface area (Å²) in [6.07, 6.45) is 6.81. The maximum absolute atomic E-state index is 13.8. The van der Waals surface area contributed by atoms with Gasteiger partial charge in [-0.3, -0.25) is 28.0 Å². The van der Waals surface area contributed by atoms with Gasteiger partial charge in [-0.2, -0.15) is 0 Å². The van der Waals surface area contributed by atoms with E-state index in [2.05, 4.69) is 6.92 Å². The molecule has 0 aromatic carbocycles. The number of Topliss-reactive ketones (excluding diaryl/α,β-unsaturated/α-hetero) is 1. The van der Waals surface area contributed by atoms with Gasteiger partial charge in [0.15, 0.2) is 6.10 Å². The van der Waals surface area contributed by atoms with Crippen molar-refractivity contribution in [3.05, 3.63) is 24.3 Å².